The summed E-state index contributed by atoms with van der Waals surface area (Å²) in [5, 5.41) is 11.9. The molecule has 1 aromatic rings. The Balaban J connectivity index is 1.49. The van der Waals surface area contributed by atoms with Gasteiger partial charge in [-0.3, -0.25) is 9.59 Å². The van der Waals surface area contributed by atoms with Crippen molar-refractivity contribution >= 4 is 17.5 Å². The Morgan fingerprint density at radius 3 is 2.79 bits per heavy atom. The maximum atomic E-state index is 12.7. The molecule has 2 saturated heterocycles. The van der Waals surface area contributed by atoms with E-state index in [9.17, 15) is 9.59 Å². The van der Waals surface area contributed by atoms with E-state index in [1.807, 2.05) is 30.3 Å². The number of ether oxygens (including phenoxy) is 2. The van der Waals surface area contributed by atoms with Crippen molar-refractivity contribution in [2.45, 2.75) is 50.2 Å². The molecular formula is C21H27N3O4. The van der Waals surface area contributed by atoms with Crippen LogP contribution in [0.1, 0.15) is 38.5 Å². The van der Waals surface area contributed by atoms with Crippen molar-refractivity contribution in [1.29, 1.82) is 5.26 Å². The molecule has 3 rings (SSSR count). The standard InChI is InChI=1S/C21H27N3O4/c22-11-4-12-24(18-5-2-1-3-6-18)20(26)8-7-19(25)23-17-9-13-28-21(15-17)10-14-27-16-21/h1-3,5-6,17H,4,7-10,12-16H2,(H,23,25)/t17-,21+/m1/s1. The highest BCUT2D eigenvalue weighted by atomic mass is 16.6. The zero-order valence-electron chi connectivity index (χ0n) is 16.1. The van der Waals surface area contributed by atoms with Gasteiger partial charge in [-0.15, -0.1) is 0 Å². The third-order valence-corrected chi connectivity index (χ3v) is 5.31. The molecule has 7 heteroatoms. The topological polar surface area (TPSA) is 91.7 Å². The molecule has 2 aliphatic rings. The van der Waals surface area contributed by atoms with Crippen molar-refractivity contribution in [3.63, 3.8) is 0 Å². The molecule has 1 spiro atoms. The second-order valence-corrected chi connectivity index (χ2v) is 7.38. The van der Waals surface area contributed by atoms with E-state index in [2.05, 4.69) is 11.4 Å². The van der Waals surface area contributed by atoms with Gasteiger partial charge in [-0.2, -0.15) is 5.26 Å². The van der Waals surface area contributed by atoms with Crippen LogP contribution in [-0.4, -0.2) is 49.8 Å². The molecule has 2 heterocycles. The van der Waals surface area contributed by atoms with Gasteiger partial charge in [-0.05, 0) is 25.0 Å². The van der Waals surface area contributed by atoms with Gasteiger partial charge in [-0.25, -0.2) is 0 Å². The first kappa shape index (κ1) is 20.3. The van der Waals surface area contributed by atoms with E-state index in [0.29, 0.717) is 26.4 Å². The molecule has 7 nitrogen and oxygen atoms in total. The van der Waals surface area contributed by atoms with Gasteiger partial charge in [-0.1, -0.05) is 18.2 Å². The quantitative estimate of drug-likeness (QED) is 0.777. The van der Waals surface area contributed by atoms with Crippen LogP contribution in [-0.2, 0) is 19.1 Å². The summed E-state index contributed by atoms with van der Waals surface area (Å²) in [4.78, 5) is 26.6. The number of hydrogen-bond donors (Lipinski definition) is 1. The summed E-state index contributed by atoms with van der Waals surface area (Å²) in [6.45, 7) is 2.22. The van der Waals surface area contributed by atoms with E-state index in [4.69, 9.17) is 14.7 Å². The highest BCUT2D eigenvalue weighted by Gasteiger charge is 2.41. The Hall–Kier alpha value is -2.43. The van der Waals surface area contributed by atoms with Crippen LogP contribution in [0.5, 0.6) is 0 Å². The lowest BCUT2D eigenvalue weighted by Gasteiger charge is -2.37. The molecular weight excluding hydrogens is 358 g/mol. The molecule has 28 heavy (non-hydrogen) atoms. The fraction of sp³-hybridized carbons (Fsp3) is 0.571. The summed E-state index contributed by atoms with van der Waals surface area (Å²) in [5.41, 5.74) is 0.490. The maximum absolute atomic E-state index is 12.7. The number of nitriles is 1. The highest BCUT2D eigenvalue weighted by molar-refractivity contribution is 5.95. The van der Waals surface area contributed by atoms with Crippen molar-refractivity contribution in [2.24, 2.45) is 0 Å². The molecule has 2 fully saturated rings. The Morgan fingerprint density at radius 2 is 2.07 bits per heavy atom. The van der Waals surface area contributed by atoms with Gasteiger partial charge in [0.15, 0.2) is 0 Å². The fourth-order valence-electron chi connectivity index (χ4n) is 3.84. The Kier molecular flexibility index (Phi) is 7.01. The predicted molar refractivity (Wildman–Crippen MR) is 104 cm³/mol. The molecule has 150 valence electrons. The molecule has 2 amide bonds. The van der Waals surface area contributed by atoms with Gasteiger partial charge in [0.2, 0.25) is 11.8 Å². The van der Waals surface area contributed by atoms with Gasteiger partial charge in [0, 0.05) is 50.8 Å². The van der Waals surface area contributed by atoms with E-state index in [-0.39, 0.29) is 42.7 Å². The van der Waals surface area contributed by atoms with Crippen LogP contribution in [0.2, 0.25) is 0 Å². The first-order chi connectivity index (χ1) is 13.6. The molecule has 0 saturated carbocycles. The number of nitrogens with one attached hydrogen (secondary N) is 1. The SMILES string of the molecule is N#CCCN(C(=O)CCC(=O)N[C@@H]1CCO[C@@]2(CCOC2)C1)c1ccccc1. The number of benzene rings is 1. The van der Waals surface area contributed by atoms with Crippen LogP contribution in [0, 0.1) is 11.3 Å². The first-order valence-corrected chi connectivity index (χ1v) is 9.85. The van der Waals surface area contributed by atoms with Gasteiger partial charge in [0.05, 0.1) is 24.7 Å². The Bertz CT molecular complexity index is 710. The van der Waals surface area contributed by atoms with E-state index >= 15 is 0 Å². The van der Waals surface area contributed by atoms with Crippen LogP contribution in [0.4, 0.5) is 5.69 Å². The second-order valence-electron chi connectivity index (χ2n) is 7.38. The summed E-state index contributed by atoms with van der Waals surface area (Å²) >= 11 is 0. The summed E-state index contributed by atoms with van der Waals surface area (Å²) < 4.78 is 11.4. The van der Waals surface area contributed by atoms with Gasteiger partial charge < -0.3 is 19.7 Å². The summed E-state index contributed by atoms with van der Waals surface area (Å²) in [6.07, 6.45) is 2.89. The molecule has 1 N–H and O–H groups in total. The zero-order valence-corrected chi connectivity index (χ0v) is 16.1. The largest absolute Gasteiger partial charge is 0.378 e. The highest BCUT2D eigenvalue weighted by Crippen LogP contribution is 2.32. The summed E-state index contributed by atoms with van der Waals surface area (Å²) in [6, 6.07) is 11.4. The number of anilines is 1. The Morgan fingerprint density at radius 1 is 1.25 bits per heavy atom. The van der Waals surface area contributed by atoms with E-state index in [1.54, 1.807) is 4.90 Å². The zero-order chi connectivity index (χ0) is 19.8. The summed E-state index contributed by atoms with van der Waals surface area (Å²) in [5.74, 6) is -0.271. The van der Waals surface area contributed by atoms with E-state index < -0.39 is 0 Å². The van der Waals surface area contributed by atoms with Gasteiger partial charge >= 0.3 is 0 Å². The molecule has 2 aliphatic heterocycles. The van der Waals surface area contributed by atoms with Crippen LogP contribution >= 0.6 is 0 Å². The lowest BCUT2D eigenvalue weighted by atomic mass is 9.89. The van der Waals surface area contributed by atoms with Crippen LogP contribution < -0.4 is 10.2 Å². The minimum absolute atomic E-state index is 0.0573. The van der Waals surface area contributed by atoms with Crippen molar-refractivity contribution in [3.05, 3.63) is 30.3 Å². The number of para-hydroxylation sites is 1. The first-order valence-electron chi connectivity index (χ1n) is 9.85. The normalized spacial score (nSPS) is 23.9. The fourth-order valence-corrected chi connectivity index (χ4v) is 3.84. The van der Waals surface area contributed by atoms with Crippen LogP contribution in [0.25, 0.3) is 0 Å². The Labute approximate surface area is 165 Å². The molecule has 0 radical (unpaired) electrons. The molecule has 0 unspecified atom stereocenters. The molecule has 0 aromatic heterocycles. The number of carbonyl (C=O) groups is 2. The van der Waals surface area contributed by atoms with E-state index in [0.717, 1.165) is 24.9 Å². The average Bonchev–Trinajstić information content (AvgIpc) is 3.15. The molecule has 2 atom stereocenters. The lowest BCUT2D eigenvalue weighted by molar-refractivity contribution is -0.128. The summed E-state index contributed by atoms with van der Waals surface area (Å²) in [7, 11) is 0. The maximum Gasteiger partial charge on any atom is 0.227 e. The minimum atomic E-state index is -0.257. The van der Waals surface area contributed by atoms with E-state index in [1.165, 1.54) is 0 Å². The van der Waals surface area contributed by atoms with Crippen molar-refractivity contribution in [3.8, 4) is 6.07 Å². The number of amides is 2. The molecule has 0 aliphatic carbocycles. The van der Waals surface area contributed by atoms with Crippen molar-refractivity contribution in [2.75, 3.05) is 31.3 Å². The second kappa shape index (κ2) is 9.67. The molecule has 1 aromatic carbocycles. The van der Waals surface area contributed by atoms with Crippen LogP contribution in [0.3, 0.4) is 0 Å². The van der Waals surface area contributed by atoms with Gasteiger partial charge in [0.1, 0.15) is 0 Å². The lowest BCUT2D eigenvalue weighted by Crippen LogP contribution is -2.49. The smallest absolute Gasteiger partial charge is 0.227 e. The predicted octanol–water partition coefficient (Wildman–Crippen LogP) is 2.17. The molecule has 0 bridgehead atoms. The van der Waals surface area contributed by atoms with Crippen molar-refractivity contribution < 1.29 is 19.1 Å². The average molecular weight is 385 g/mol. The number of nitrogens with zero attached hydrogens (tertiary/aromatic N) is 2. The number of rotatable bonds is 7. The van der Waals surface area contributed by atoms with Crippen LogP contribution in [0.15, 0.2) is 30.3 Å². The third kappa shape index (κ3) is 5.31. The van der Waals surface area contributed by atoms with Crippen molar-refractivity contribution in [1.82, 2.24) is 5.32 Å². The number of hydrogen-bond acceptors (Lipinski definition) is 5. The monoisotopic (exact) mass is 385 g/mol. The third-order valence-electron chi connectivity index (χ3n) is 5.31. The van der Waals surface area contributed by atoms with Gasteiger partial charge in [0.25, 0.3) is 0 Å². The number of carbonyl (C=O) groups excluding carboxylic acids is 2. The minimum Gasteiger partial charge on any atom is -0.378 e.